The largest absolute Gasteiger partial charge is 0.350 e. The molecule has 0 aromatic heterocycles. The summed E-state index contributed by atoms with van der Waals surface area (Å²) in [5.41, 5.74) is 4.38. The Morgan fingerprint density at radius 1 is 1.40 bits per heavy atom. The van der Waals surface area contributed by atoms with E-state index >= 15 is 0 Å². The highest BCUT2D eigenvalue weighted by molar-refractivity contribution is 5.98. The number of carbonyl (C=O) groups is 1. The minimum absolute atomic E-state index is 0.0760. The maximum atomic E-state index is 13.1. The first-order valence-corrected chi connectivity index (χ1v) is 5.91. The summed E-state index contributed by atoms with van der Waals surface area (Å²) in [4.78, 5) is 21.6. The van der Waals surface area contributed by atoms with Crippen molar-refractivity contribution < 1.29 is 18.5 Å². The molecule has 0 bridgehead atoms. The second-order valence-electron chi connectivity index (χ2n) is 4.66. The first-order valence-electron chi connectivity index (χ1n) is 5.91. The molecule has 1 rings (SSSR count). The normalized spacial score (nSPS) is 12.3. The highest BCUT2D eigenvalue weighted by atomic mass is 19.2. The van der Waals surface area contributed by atoms with Crippen LogP contribution in [0.15, 0.2) is 12.1 Å². The monoisotopic (exact) mass is 287 g/mol. The summed E-state index contributed by atoms with van der Waals surface area (Å²) in [5, 5.41) is 13.1. The van der Waals surface area contributed by atoms with Crippen molar-refractivity contribution in [2.24, 2.45) is 11.7 Å². The summed E-state index contributed by atoms with van der Waals surface area (Å²) in [6.45, 7) is 3.76. The molecular weight excluding hydrogens is 272 g/mol. The van der Waals surface area contributed by atoms with Gasteiger partial charge in [-0.25, -0.2) is 8.78 Å². The number of nitrogens with two attached hydrogens (primary N) is 1. The maximum absolute atomic E-state index is 13.1. The van der Waals surface area contributed by atoms with Crippen LogP contribution >= 0.6 is 0 Å². The summed E-state index contributed by atoms with van der Waals surface area (Å²) < 4.78 is 26.1. The van der Waals surface area contributed by atoms with Crippen molar-refractivity contribution in [2.75, 3.05) is 6.54 Å². The molecule has 20 heavy (non-hydrogen) atoms. The van der Waals surface area contributed by atoms with Gasteiger partial charge in [-0.2, -0.15) is 0 Å². The van der Waals surface area contributed by atoms with E-state index in [1.54, 1.807) is 0 Å². The number of amides is 1. The van der Waals surface area contributed by atoms with Crippen LogP contribution in [0.4, 0.5) is 14.5 Å². The van der Waals surface area contributed by atoms with Crippen LogP contribution in [0.1, 0.15) is 24.2 Å². The Balaban J connectivity index is 2.98. The molecule has 6 nitrogen and oxygen atoms in total. The molecule has 0 saturated heterocycles. The molecule has 0 aliphatic heterocycles. The molecule has 0 fully saturated rings. The SMILES string of the molecule is CC(C)C(N)CNC(=O)c1cc(F)c(F)cc1[N+](=O)[O-]. The number of nitrogens with zero attached hydrogens (tertiary/aromatic N) is 1. The van der Waals surface area contributed by atoms with Gasteiger partial charge in [-0.05, 0) is 12.0 Å². The Kier molecular flexibility index (Phi) is 5.09. The number of nitrogens with one attached hydrogen (secondary N) is 1. The zero-order valence-corrected chi connectivity index (χ0v) is 11.0. The van der Waals surface area contributed by atoms with E-state index in [0.29, 0.717) is 12.1 Å². The lowest BCUT2D eigenvalue weighted by atomic mass is 10.1. The molecule has 0 radical (unpaired) electrons. The molecule has 8 heteroatoms. The van der Waals surface area contributed by atoms with Crippen LogP contribution in [-0.2, 0) is 0 Å². The number of halogens is 2. The number of benzene rings is 1. The van der Waals surface area contributed by atoms with E-state index < -0.39 is 33.7 Å². The van der Waals surface area contributed by atoms with Crippen molar-refractivity contribution in [1.82, 2.24) is 5.32 Å². The van der Waals surface area contributed by atoms with Crippen molar-refractivity contribution in [3.63, 3.8) is 0 Å². The Morgan fingerprint density at radius 2 is 1.95 bits per heavy atom. The van der Waals surface area contributed by atoms with Crippen LogP contribution in [-0.4, -0.2) is 23.4 Å². The molecule has 0 heterocycles. The molecular formula is C12H15F2N3O3. The molecule has 1 atom stereocenters. The van der Waals surface area contributed by atoms with Crippen molar-refractivity contribution in [1.29, 1.82) is 0 Å². The Bertz CT molecular complexity index is 535. The number of nitro groups is 1. The average molecular weight is 287 g/mol. The van der Waals surface area contributed by atoms with Gasteiger partial charge in [0.15, 0.2) is 11.6 Å². The molecule has 0 aliphatic carbocycles. The Hall–Kier alpha value is -2.09. The van der Waals surface area contributed by atoms with Gasteiger partial charge in [0.1, 0.15) is 5.56 Å². The van der Waals surface area contributed by atoms with Gasteiger partial charge in [-0.3, -0.25) is 14.9 Å². The molecule has 1 unspecified atom stereocenters. The summed E-state index contributed by atoms with van der Waals surface area (Å²) >= 11 is 0. The van der Waals surface area contributed by atoms with Crippen molar-refractivity contribution in [2.45, 2.75) is 19.9 Å². The summed E-state index contributed by atoms with van der Waals surface area (Å²) in [6.07, 6.45) is 0. The van der Waals surface area contributed by atoms with E-state index in [-0.39, 0.29) is 18.5 Å². The Morgan fingerprint density at radius 3 is 2.45 bits per heavy atom. The lowest BCUT2D eigenvalue weighted by Gasteiger charge is -2.16. The zero-order chi connectivity index (χ0) is 15.4. The lowest BCUT2D eigenvalue weighted by molar-refractivity contribution is -0.385. The van der Waals surface area contributed by atoms with Gasteiger partial charge in [0, 0.05) is 12.6 Å². The standard InChI is InChI=1S/C12H15F2N3O3/c1-6(2)10(15)5-16-12(18)7-3-8(13)9(14)4-11(7)17(19)20/h3-4,6,10H,5,15H2,1-2H3,(H,16,18). The smallest absolute Gasteiger partial charge is 0.285 e. The van der Waals surface area contributed by atoms with Crippen LogP contribution in [0.3, 0.4) is 0 Å². The summed E-state index contributed by atoms with van der Waals surface area (Å²) in [7, 11) is 0. The van der Waals surface area contributed by atoms with E-state index in [0.717, 1.165) is 0 Å². The molecule has 1 amide bonds. The summed E-state index contributed by atoms with van der Waals surface area (Å²) in [5.74, 6) is -3.48. The third kappa shape index (κ3) is 3.70. The average Bonchev–Trinajstić information content (AvgIpc) is 2.37. The molecule has 0 saturated carbocycles. The molecule has 0 aliphatic rings. The van der Waals surface area contributed by atoms with Gasteiger partial charge < -0.3 is 11.1 Å². The highest BCUT2D eigenvalue weighted by Gasteiger charge is 2.24. The van der Waals surface area contributed by atoms with Crippen LogP contribution in [0, 0.1) is 27.7 Å². The number of nitro benzene ring substituents is 1. The van der Waals surface area contributed by atoms with Gasteiger partial charge in [0.2, 0.25) is 0 Å². The lowest BCUT2D eigenvalue weighted by Crippen LogP contribution is -2.40. The topological polar surface area (TPSA) is 98.3 Å². The molecule has 3 N–H and O–H groups in total. The van der Waals surface area contributed by atoms with Crippen LogP contribution in [0.2, 0.25) is 0 Å². The predicted octanol–water partition coefficient (Wildman–Crippen LogP) is 1.59. The Labute approximate surface area is 114 Å². The fraction of sp³-hybridized carbons (Fsp3) is 0.417. The first kappa shape index (κ1) is 16.0. The third-order valence-corrected chi connectivity index (χ3v) is 2.83. The fourth-order valence-corrected chi connectivity index (χ4v) is 1.41. The number of rotatable bonds is 5. The second-order valence-corrected chi connectivity index (χ2v) is 4.66. The maximum Gasteiger partial charge on any atom is 0.285 e. The molecule has 110 valence electrons. The van der Waals surface area contributed by atoms with Gasteiger partial charge in [-0.1, -0.05) is 13.8 Å². The first-order chi connectivity index (χ1) is 9.23. The van der Waals surface area contributed by atoms with E-state index in [4.69, 9.17) is 5.73 Å². The van der Waals surface area contributed by atoms with Crippen LogP contribution in [0.25, 0.3) is 0 Å². The number of carbonyl (C=O) groups excluding carboxylic acids is 1. The van der Waals surface area contributed by atoms with Gasteiger partial charge in [0.05, 0.1) is 11.0 Å². The van der Waals surface area contributed by atoms with Gasteiger partial charge >= 0.3 is 0 Å². The fourth-order valence-electron chi connectivity index (χ4n) is 1.41. The van der Waals surface area contributed by atoms with Gasteiger partial charge in [-0.15, -0.1) is 0 Å². The van der Waals surface area contributed by atoms with Crippen LogP contribution in [0.5, 0.6) is 0 Å². The third-order valence-electron chi connectivity index (χ3n) is 2.83. The predicted molar refractivity (Wildman–Crippen MR) is 68.2 cm³/mol. The minimum atomic E-state index is -1.38. The van der Waals surface area contributed by atoms with Crippen molar-refractivity contribution in [3.05, 3.63) is 39.4 Å². The quantitative estimate of drug-likeness (QED) is 0.634. The molecule has 0 spiro atoms. The zero-order valence-electron chi connectivity index (χ0n) is 11.0. The van der Waals surface area contributed by atoms with E-state index in [2.05, 4.69) is 5.32 Å². The molecule has 1 aromatic carbocycles. The highest BCUT2D eigenvalue weighted by Crippen LogP contribution is 2.22. The second kappa shape index (κ2) is 6.38. The van der Waals surface area contributed by atoms with E-state index in [1.165, 1.54) is 0 Å². The number of hydrogen-bond donors (Lipinski definition) is 2. The van der Waals surface area contributed by atoms with E-state index in [1.807, 2.05) is 13.8 Å². The minimum Gasteiger partial charge on any atom is -0.350 e. The van der Waals surface area contributed by atoms with E-state index in [9.17, 15) is 23.7 Å². The van der Waals surface area contributed by atoms with Crippen molar-refractivity contribution >= 4 is 11.6 Å². The van der Waals surface area contributed by atoms with Gasteiger partial charge in [0.25, 0.3) is 11.6 Å². The van der Waals surface area contributed by atoms with Crippen LogP contribution < -0.4 is 11.1 Å². The van der Waals surface area contributed by atoms with Crippen molar-refractivity contribution in [3.8, 4) is 0 Å². The molecule has 1 aromatic rings. The number of hydrogen-bond acceptors (Lipinski definition) is 4. The summed E-state index contributed by atoms with van der Waals surface area (Å²) in [6, 6.07) is 0.541.